The maximum Gasteiger partial charge on any atom is 0.147 e. The van der Waals surface area contributed by atoms with Gasteiger partial charge in [0.2, 0.25) is 0 Å². The van der Waals surface area contributed by atoms with Crippen molar-refractivity contribution in [3.63, 3.8) is 0 Å². The van der Waals surface area contributed by atoms with Crippen LogP contribution in [-0.4, -0.2) is 24.3 Å². The summed E-state index contributed by atoms with van der Waals surface area (Å²) in [6.07, 6.45) is 11.2. The number of nitrogens with zero attached hydrogens (tertiary/aromatic N) is 5. The third-order valence-corrected chi connectivity index (χ3v) is 13.3. The average molecular weight is 892 g/mol. The van der Waals surface area contributed by atoms with Gasteiger partial charge in [0.05, 0.1) is 16.9 Å². The van der Waals surface area contributed by atoms with Gasteiger partial charge in [-0.15, -0.1) is 0 Å². The Morgan fingerprint density at radius 2 is 0.942 bits per heavy atom. The molecule has 4 heterocycles. The Bertz CT molecular complexity index is 3550. The van der Waals surface area contributed by atoms with Crippen LogP contribution in [0.1, 0.15) is 48.8 Å². The van der Waals surface area contributed by atoms with E-state index in [1.54, 1.807) is 0 Å². The number of fused-ring (bicyclic) bond motifs is 3. The number of hydrogen-bond acceptors (Lipinski definition) is 4. The molecule has 0 radical (unpaired) electrons. The summed E-state index contributed by atoms with van der Waals surface area (Å²) in [4.78, 5) is 19.3. The first-order valence-electron chi connectivity index (χ1n) is 24.0. The first-order valence-corrected chi connectivity index (χ1v) is 24.0. The van der Waals surface area contributed by atoms with Gasteiger partial charge in [-0.05, 0) is 135 Å². The fraction of sp³-hybridized carbons (Fsp3) is 0.125. The largest absolute Gasteiger partial charge is 0.287 e. The van der Waals surface area contributed by atoms with Crippen LogP contribution in [0.15, 0.2) is 219 Å². The molecule has 0 saturated heterocycles. The van der Waals surface area contributed by atoms with E-state index >= 15 is 0 Å². The van der Waals surface area contributed by atoms with Crippen LogP contribution < -0.4 is 0 Å². The third kappa shape index (κ3) is 9.24. The Morgan fingerprint density at radius 3 is 1.64 bits per heavy atom. The van der Waals surface area contributed by atoms with Crippen LogP contribution in [-0.2, 0) is 31.1 Å². The van der Waals surface area contributed by atoms with Gasteiger partial charge in [-0.25, -0.2) is 9.97 Å². The zero-order valence-electron chi connectivity index (χ0n) is 39.3. The van der Waals surface area contributed by atoms with Crippen LogP contribution in [0.2, 0.25) is 0 Å². The highest BCUT2D eigenvalue weighted by molar-refractivity contribution is 5.94. The van der Waals surface area contributed by atoms with Gasteiger partial charge < -0.3 is 0 Å². The molecule has 5 heteroatoms. The molecular formula is C64H53N5. The molecule has 334 valence electrons. The summed E-state index contributed by atoms with van der Waals surface area (Å²) in [6, 6.07) is 70.4. The summed E-state index contributed by atoms with van der Waals surface area (Å²) < 4.78 is 2.14. The summed E-state index contributed by atoms with van der Waals surface area (Å²) in [6.45, 7) is 6.64. The molecule has 0 saturated carbocycles. The van der Waals surface area contributed by atoms with Crippen LogP contribution in [0.5, 0.6) is 0 Å². The number of hydrogen-bond donors (Lipinski definition) is 0. The number of benzene rings is 7. The Morgan fingerprint density at radius 1 is 0.377 bits per heavy atom. The Kier molecular flexibility index (Phi) is 11.8. The van der Waals surface area contributed by atoms with E-state index in [0.717, 1.165) is 76.1 Å². The molecule has 11 rings (SSSR count). The highest BCUT2D eigenvalue weighted by Gasteiger charge is 2.22. The predicted octanol–water partition coefficient (Wildman–Crippen LogP) is 15.5. The van der Waals surface area contributed by atoms with Gasteiger partial charge in [0.15, 0.2) is 0 Å². The van der Waals surface area contributed by atoms with Crippen LogP contribution >= 0.6 is 0 Å². The van der Waals surface area contributed by atoms with E-state index in [1.165, 1.54) is 61.2 Å². The van der Waals surface area contributed by atoms with Gasteiger partial charge in [-0.2, -0.15) is 0 Å². The van der Waals surface area contributed by atoms with E-state index < -0.39 is 0 Å². The molecule has 0 spiro atoms. The maximum absolute atomic E-state index is 5.23. The molecule has 69 heavy (non-hydrogen) atoms. The van der Waals surface area contributed by atoms with Crippen LogP contribution in [0.3, 0.4) is 0 Å². The zero-order chi connectivity index (χ0) is 46.7. The summed E-state index contributed by atoms with van der Waals surface area (Å²) >= 11 is 0. The molecule has 0 aliphatic rings. The normalized spacial score (nSPS) is 11.6. The smallest absolute Gasteiger partial charge is 0.147 e. The number of aromatic nitrogens is 5. The Labute approximate surface area is 404 Å². The van der Waals surface area contributed by atoms with E-state index in [0.29, 0.717) is 0 Å². The molecule has 4 aromatic heterocycles. The fourth-order valence-electron chi connectivity index (χ4n) is 9.70. The molecule has 0 aliphatic heterocycles. The zero-order valence-corrected chi connectivity index (χ0v) is 39.3. The summed E-state index contributed by atoms with van der Waals surface area (Å²) in [5.41, 5.74) is 20.7. The molecule has 0 N–H and O–H groups in total. The molecule has 0 atom stereocenters. The van der Waals surface area contributed by atoms with Gasteiger partial charge >= 0.3 is 0 Å². The SMILES string of the molecule is CC(C)(C)c1nc2cc(CCc3cc(CCc4ccc(-c5ccccn5)cc4)cc(-c4ccccc4-c4ccc(-c5ccccn5)cc4-c4ccc(-c5ccccc5)cc4)c3)ccc2c2nccn12. The second kappa shape index (κ2) is 18.8. The number of pyridine rings is 2. The highest BCUT2D eigenvalue weighted by atomic mass is 15.1. The van der Waals surface area contributed by atoms with Crippen molar-refractivity contribution in [2.45, 2.75) is 51.9 Å². The van der Waals surface area contributed by atoms with Gasteiger partial charge in [0.25, 0.3) is 0 Å². The molecule has 7 aromatic carbocycles. The molecule has 0 unspecified atom stereocenters. The quantitative estimate of drug-likeness (QED) is 0.123. The van der Waals surface area contributed by atoms with Gasteiger partial charge in [0, 0.05) is 46.7 Å². The lowest BCUT2D eigenvalue weighted by Crippen LogP contribution is -2.18. The predicted molar refractivity (Wildman–Crippen MR) is 285 cm³/mol. The number of aryl methyl sites for hydroxylation is 4. The number of imidazole rings is 1. The van der Waals surface area contributed by atoms with Crippen molar-refractivity contribution in [3.8, 4) is 67.0 Å². The fourth-order valence-corrected chi connectivity index (χ4v) is 9.70. The lowest BCUT2D eigenvalue weighted by Gasteiger charge is -2.20. The topological polar surface area (TPSA) is 56.0 Å². The van der Waals surface area contributed by atoms with E-state index in [1.807, 2.05) is 43.0 Å². The molecule has 11 aromatic rings. The van der Waals surface area contributed by atoms with Crippen molar-refractivity contribution in [2.75, 3.05) is 0 Å². The van der Waals surface area contributed by atoms with E-state index in [-0.39, 0.29) is 5.41 Å². The van der Waals surface area contributed by atoms with Crippen molar-refractivity contribution >= 4 is 16.6 Å². The Balaban J connectivity index is 0.974. The highest BCUT2D eigenvalue weighted by Crippen LogP contribution is 2.41. The van der Waals surface area contributed by atoms with Gasteiger partial charge in [-0.3, -0.25) is 14.4 Å². The van der Waals surface area contributed by atoms with Crippen LogP contribution in [0.25, 0.3) is 83.6 Å². The summed E-state index contributed by atoms with van der Waals surface area (Å²) in [5.74, 6) is 1.01. The molecule has 0 aliphatic carbocycles. The van der Waals surface area contributed by atoms with Crippen molar-refractivity contribution in [2.24, 2.45) is 0 Å². The van der Waals surface area contributed by atoms with Gasteiger partial charge in [-0.1, -0.05) is 172 Å². The number of rotatable bonds is 12. The van der Waals surface area contributed by atoms with E-state index in [4.69, 9.17) is 15.0 Å². The van der Waals surface area contributed by atoms with E-state index in [9.17, 15) is 0 Å². The van der Waals surface area contributed by atoms with Gasteiger partial charge in [0.1, 0.15) is 11.5 Å². The van der Waals surface area contributed by atoms with Crippen molar-refractivity contribution in [1.29, 1.82) is 0 Å². The van der Waals surface area contributed by atoms with E-state index in [2.05, 4.69) is 206 Å². The van der Waals surface area contributed by atoms with Crippen molar-refractivity contribution < 1.29 is 0 Å². The van der Waals surface area contributed by atoms with Crippen molar-refractivity contribution in [3.05, 3.63) is 247 Å². The molecular weight excluding hydrogens is 839 g/mol. The second-order valence-corrected chi connectivity index (χ2v) is 19.1. The lowest BCUT2D eigenvalue weighted by molar-refractivity contribution is 0.539. The molecule has 0 bridgehead atoms. The van der Waals surface area contributed by atoms with Crippen LogP contribution in [0.4, 0.5) is 0 Å². The first-order chi connectivity index (χ1) is 33.8. The minimum Gasteiger partial charge on any atom is -0.287 e. The third-order valence-electron chi connectivity index (χ3n) is 13.3. The average Bonchev–Trinajstić information content (AvgIpc) is 3.90. The van der Waals surface area contributed by atoms with Crippen molar-refractivity contribution in [1.82, 2.24) is 24.3 Å². The standard InChI is InChI=1S/C64H53N5/c1-64(2,3)63-68-61-42-45(25-33-57(61)62-67-37-38-69(62)63)20-22-47-39-46(21-19-44-23-26-51(27-24-44)59-17-9-11-35-65-59)40-53(41-47)54-15-7-8-16-55(54)56-34-32-52(60-18-10-12-36-66-60)43-58(56)50-30-28-49(29-31-50)48-13-5-4-6-14-48/h4-18,23-43H,19-22H2,1-3H3. The molecule has 0 amide bonds. The molecule has 0 fully saturated rings. The molecule has 5 nitrogen and oxygen atoms in total. The summed E-state index contributed by atoms with van der Waals surface area (Å²) in [5, 5.41) is 1.07. The monoisotopic (exact) mass is 891 g/mol. The lowest BCUT2D eigenvalue weighted by atomic mass is 9.86. The Hall–Kier alpha value is -8.28. The first kappa shape index (κ1) is 43.3. The summed E-state index contributed by atoms with van der Waals surface area (Å²) in [7, 11) is 0. The van der Waals surface area contributed by atoms with Crippen LogP contribution in [0, 0.1) is 0 Å². The minimum atomic E-state index is -0.133. The second-order valence-electron chi connectivity index (χ2n) is 19.1. The maximum atomic E-state index is 5.23. The minimum absolute atomic E-state index is 0.133.